The van der Waals surface area contributed by atoms with Gasteiger partial charge in [0.15, 0.2) is 0 Å². The van der Waals surface area contributed by atoms with Crippen LogP contribution in [-0.4, -0.2) is 12.6 Å². The van der Waals surface area contributed by atoms with Gasteiger partial charge in [0.05, 0.1) is 5.03 Å². The second-order valence-corrected chi connectivity index (χ2v) is 4.92. The largest absolute Gasteiger partial charge is 0.488 e. The Kier molecular flexibility index (Phi) is 6.14. The van der Waals surface area contributed by atoms with E-state index in [1.165, 1.54) is 5.54 Å². The zero-order chi connectivity index (χ0) is 12.8. The molecule has 0 saturated carbocycles. The van der Waals surface area contributed by atoms with Crippen LogP contribution in [0.4, 0.5) is 0 Å². The van der Waals surface area contributed by atoms with Gasteiger partial charge in [0, 0.05) is 16.6 Å². The first-order valence-electron chi connectivity index (χ1n) is 5.14. The van der Waals surface area contributed by atoms with E-state index < -0.39 is 0 Å². The van der Waals surface area contributed by atoms with Crippen molar-refractivity contribution in [3.8, 4) is 5.75 Å². The van der Waals surface area contributed by atoms with Crippen molar-refractivity contribution in [1.29, 1.82) is 0 Å². The van der Waals surface area contributed by atoms with E-state index in [9.17, 15) is 0 Å². The van der Waals surface area contributed by atoms with E-state index in [2.05, 4.69) is 0 Å². The summed E-state index contributed by atoms with van der Waals surface area (Å²) < 4.78 is 5.55. The maximum absolute atomic E-state index is 5.94. The lowest BCUT2D eigenvalue weighted by Gasteiger charge is -2.13. The van der Waals surface area contributed by atoms with Crippen molar-refractivity contribution in [2.75, 3.05) is 6.61 Å². The van der Waals surface area contributed by atoms with Gasteiger partial charge in [0.25, 0.3) is 0 Å². The molecule has 0 radical (unpaired) electrons. The van der Waals surface area contributed by atoms with E-state index in [0.717, 1.165) is 11.3 Å². The molecule has 0 aliphatic heterocycles. The summed E-state index contributed by atoms with van der Waals surface area (Å²) in [6, 6.07) is 5.45. The highest BCUT2D eigenvalue weighted by atomic mass is 35.5. The molecule has 94 valence electrons. The molecule has 0 saturated heterocycles. The summed E-state index contributed by atoms with van der Waals surface area (Å²) in [6.45, 7) is 2.16. The highest BCUT2D eigenvalue weighted by Crippen LogP contribution is 2.24. The van der Waals surface area contributed by atoms with Crippen LogP contribution in [0.5, 0.6) is 5.75 Å². The van der Waals surface area contributed by atoms with Crippen molar-refractivity contribution in [3.05, 3.63) is 39.4 Å². The second kappa shape index (κ2) is 7.12. The van der Waals surface area contributed by atoms with Crippen LogP contribution in [0.15, 0.2) is 28.8 Å². The number of halogens is 3. The van der Waals surface area contributed by atoms with Crippen molar-refractivity contribution in [1.82, 2.24) is 0 Å². The van der Waals surface area contributed by atoms with Crippen LogP contribution in [0.1, 0.15) is 12.5 Å². The van der Waals surface area contributed by atoms with Crippen molar-refractivity contribution >= 4 is 34.8 Å². The Morgan fingerprint density at radius 3 is 2.82 bits per heavy atom. The molecular formula is C12H14Cl3NO. The summed E-state index contributed by atoms with van der Waals surface area (Å²) in [4.78, 5) is 0. The Hall–Kier alpha value is -0.410. The van der Waals surface area contributed by atoms with Gasteiger partial charge in [0.2, 0.25) is 0 Å². The third kappa shape index (κ3) is 5.17. The summed E-state index contributed by atoms with van der Waals surface area (Å²) in [5.41, 5.74) is 8.01. The monoisotopic (exact) mass is 293 g/mol. The van der Waals surface area contributed by atoms with E-state index in [1.54, 1.807) is 12.1 Å². The zero-order valence-corrected chi connectivity index (χ0v) is 11.7. The number of benzene rings is 1. The van der Waals surface area contributed by atoms with Crippen molar-refractivity contribution in [2.24, 2.45) is 5.73 Å². The molecule has 1 unspecified atom stereocenters. The molecule has 1 atom stereocenters. The molecule has 0 heterocycles. The quantitative estimate of drug-likeness (QED) is 0.893. The number of rotatable bonds is 5. The summed E-state index contributed by atoms with van der Waals surface area (Å²) in [7, 11) is 0. The molecule has 2 N–H and O–H groups in total. The number of hydrogen-bond acceptors (Lipinski definition) is 2. The molecule has 1 rings (SSSR count). The fourth-order valence-electron chi connectivity index (χ4n) is 1.37. The minimum absolute atomic E-state index is 0.0369. The summed E-state index contributed by atoms with van der Waals surface area (Å²) in [5.74, 6) is 0.725. The molecule has 17 heavy (non-hydrogen) atoms. The lowest BCUT2D eigenvalue weighted by molar-refractivity contribution is 0.354. The molecular weight excluding hydrogens is 280 g/mol. The summed E-state index contributed by atoms with van der Waals surface area (Å²) in [6.07, 6.45) is 0.693. The maximum Gasteiger partial charge on any atom is 0.125 e. The van der Waals surface area contributed by atoms with Gasteiger partial charge in [-0.1, -0.05) is 34.8 Å². The molecule has 0 aliphatic rings. The zero-order valence-electron chi connectivity index (χ0n) is 9.42. The van der Waals surface area contributed by atoms with E-state index in [4.69, 9.17) is 45.3 Å². The average molecular weight is 295 g/mol. The lowest BCUT2D eigenvalue weighted by atomic mass is 10.1. The average Bonchev–Trinajstić information content (AvgIpc) is 2.26. The molecule has 0 aliphatic carbocycles. The molecule has 1 aromatic rings. The highest BCUT2D eigenvalue weighted by Gasteiger charge is 2.07. The first-order chi connectivity index (χ1) is 8.02. The minimum atomic E-state index is 0.0369. The molecule has 5 heteroatoms. The number of ether oxygens (including phenoxy) is 1. The third-order valence-electron chi connectivity index (χ3n) is 2.05. The van der Waals surface area contributed by atoms with E-state index in [-0.39, 0.29) is 12.6 Å². The fraction of sp³-hybridized carbons (Fsp3) is 0.333. The molecule has 2 nitrogen and oxygen atoms in total. The van der Waals surface area contributed by atoms with Crippen molar-refractivity contribution in [3.63, 3.8) is 0 Å². The number of hydrogen-bond donors (Lipinski definition) is 1. The van der Waals surface area contributed by atoms with Gasteiger partial charge in [-0.25, -0.2) is 0 Å². The van der Waals surface area contributed by atoms with Gasteiger partial charge in [-0.15, -0.1) is 0 Å². The molecule has 0 amide bonds. The first kappa shape index (κ1) is 14.7. The van der Waals surface area contributed by atoms with Crippen molar-refractivity contribution in [2.45, 2.75) is 19.4 Å². The van der Waals surface area contributed by atoms with Gasteiger partial charge in [-0.3, -0.25) is 0 Å². The Balaban J connectivity index is 2.82. The van der Waals surface area contributed by atoms with Crippen LogP contribution in [0, 0.1) is 0 Å². The van der Waals surface area contributed by atoms with Crippen LogP contribution in [0.2, 0.25) is 5.02 Å². The standard InChI is InChI=1S/C12H14Cl3NO/c1-8(16)4-9-5-10(14)2-3-12(9)17-7-11(15)6-13/h2-3,5-6,8H,4,7,16H2,1H3. The maximum atomic E-state index is 5.94. The summed E-state index contributed by atoms with van der Waals surface area (Å²) >= 11 is 17.1. The fourth-order valence-corrected chi connectivity index (χ4v) is 1.69. The van der Waals surface area contributed by atoms with E-state index >= 15 is 0 Å². The highest BCUT2D eigenvalue weighted by molar-refractivity contribution is 6.36. The Morgan fingerprint density at radius 1 is 1.53 bits per heavy atom. The first-order valence-corrected chi connectivity index (χ1v) is 6.33. The van der Waals surface area contributed by atoms with E-state index in [1.807, 2.05) is 13.0 Å². The Bertz CT molecular complexity index is 405. The second-order valence-electron chi connectivity index (χ2n) is 3.78. The van der Waals surface area contributed by atoms with Gasteiger partial charge < -0.3 is 10.5 Å². The molecule has 0 spiro atoms. The molecule has 0 aromatic heterocycles. The minimum Gasteiger partial charge on any atom is -0.488 e. The third-order valence-corrected chi connectivity index (χ3v) is 2.88. The van der Waals surface area contributed by atoms with Gasteiger partial charge >= 0.3 is 0 Å². The van der Waals surface area contributed by atoms with Crippen molar-refractivity contribution < 1.29 is 4.74 Å². The number of nitrogens with two attached hydrogens (primary N) is 1. The van der Waals surface area contributed by atoms with Gasteiger partial charge in [-0.2, -0.15) is 0 Å². The predicted octanol–water partition coefficient (Wildman–Crippen LogP) is 3.93. The molecule has 0 bridgehead atoms. The normalized spacial score (nSPS) is 13.6. The molecule has 1 aromatic carbocycles. The van der Waals surface area contributed by atoms with Crippen LogP contribution >= 0.6 is 34.8 Å². The summed E-state index contributed by atoms with van der Waals surface area (Å²) in [5, 5.41) is 1.10. The molecule has 0 fully saturated rings. The Morgan fingerprint density at radius 2 is 2.24 bits per heavy atom. The SMILES string of the molecule is CC(N)Cc1cc(Cl)ccc1OCC(Cl)=CCl. The lowest BCUT2D eigenvalue weighted by Crippen LogP contribution is -2.18. The van der Waals surface area contributed by atoms with Crippen LogP contribution in [0.3, 0.4) is 0 Å². The van der Waals surface area contributed by atoms with Gasteiger partial charge in [0.1, 0.15) is 12.4 Å². The Labute approximate surface area is 116 Å². The topological polar surface area (TPSA) is 35.2 Å². The van der Waals surface area contributed by atoms with Gasteiger partial charge in [-0.05, 0) is 37.1 Å². The van der Waals surface area contributed by atoms with Crippen LogP contribution < -0.4 is 10.5 Å². The van der Waals surface area contributed by atoms with Crippen LogP contribution in [-0.2, 0) is 6.42 Å². The smallest absolute Gasteiger partial charge is 0.125 e. The predicted molar refractivity (Wildman–Crippen MR) is 74.1 cm³/mol. The van der Waals surface area contributed by atoms with E-state index in [0.29, 0.717) is 16.5 Å². The van der Waals surface area contributed by atoms with Crippen LogP contribution in [0.25, 0.3) is 0 Å².